The molecule has 0 radical (unpaired) electrons. The van der Waals surface area contributed by atoms with Gasteiger partial charge < -0.3 is 9.84 Å². The number of carbonyl (C=O) groups excluding carboxylic acids is 1. The molecule has 4 nitrogen and oxygen atoms in total. The Hall–Kier alpha value is -2.95. The maximum Gasteiger partial charge on any atom is 0.176 e. The molecule has 0 bridgehead atoms. The summed E-state index contributed by atoms with van der Waals surface area (Å²) in [6, 6.07) is 25.0. The minimum absolute atomic E-state index is 0.0233. The summed E-state index contributed by atoms with van der Waals surface area (Å²) < 4.78 is 5.75. The summed E-state index contributed by atoms with van der Waals surface area (Å²) in [5.74, 6) is 0.164. The first-order valence-corrected chi connectivity index (χ1v) is 10.6. The Bertz CT molecular complexity index is 978. The van der Waals surface area contributed by atoms with E-state index in [1.165, 1.54) is 5.56 Å². The highest BCUT2D eigenvalue weighted by Crippen LogP contribution is 2.22. The van der Waals surface area contributed by atoms with Crippen molar-refractivity contribution in [3.05, 3.63) is 101 Å². The maximum atomic E-state index is 13.1. The molecule has 4 heteroatoms. The minimum Gasteiger partial charge on any atom is -0.508 e. The average molecular weight is 418 g/mol. The van der Waals surface area contributed by atoms with Crippen LogP contribution in [0.5, 0.6) is 5.75 Å². The highest BCUT2D eigenvalue weighted by molar-refractivity contribution is 5.98. The zero-order valence-corrected chi connectivity index (χ0v) is 18.5. The van der Waals surface area contributed by atoms with Crippen LogP contribution in [0.2, 0.25) is 0 Å². The van der Waals surface area contributed by atoms with Gasteiger partial charge in [-0.3, -0.25) is 9.69 Å². The lowest BCUT2D eigenvalue weighted by Crippen LogP contribution is -2.43. The van der Waals surface area contributed by atoms with Crippen LogP contribution in [0.1, 0.15) is 47.8 Å². The van der Waals surface area contributed by atoms with E-state index in [0.717, 1.165) is 5.56 Å². The van der Waals surface area contributed by atoms with Gasteiger partial charge in [-0.05, 0) is 50.1 Å². The predicted octanol–water partition coefficient (Wildman–Crippen LogP) is 5.59. The van der Waals surface area contributed by atoms with Gasteiger partial charge in [0.1, 0.15) is 5.75 Å². The number of aromatic hydroxyl groups is 1. The monoisotopic (exact) mass is 417 g/mol. The number of Topliss-reactive ketones (excluding diaryl/α,β-unsaturated/α-hetero) is 1. The quantitative estimate of drug-likeness (QED) is 0.461. The van der Waals surface area contributed by atoms with Gasteiger partial charge >= 0.3 is 0 Å². The molecular weight excluding hydrogens is 386 g/mol. The van der Waals surface area contributed by atoms with Crippen LogP contribution in [0.15, 0.2) is 78.9 Å². The highest BCUT2D eigenvalue weighted by Gasteiger charge is 2.24. The van der Waals surface area contributed by atoms with E-state index in [2.05, 4.69) is 37.8 Å². The molecule has 0 heterocycles. The van der Waals surface area contributed by atoms with Gasteiger partial charge in [0.25, 0.3) is 0 Å². The fourth-order valence-electron chi connectivity index (χ4n) is 3.33. The molecule has 1 N–H and O–H groups in total. The molecule has 0 aliphatic carbocycles. The lowest BCUT2D eigenvalue weighted by atomic mass is 10.0. The van der Waals surface area contributed by atoms with E-state index in [0.29, 0.717) is 30.8 Å². The van der Waals surface area contributed by atoms with Crippen LogP contribution in [0.3, 0.4) is 0 Å². The molecule has 0 spiro atoms. The van der Waals surface area contributed by atoms with Crippen molar-refractivity contribution in [3.63, 3.8) is 0 Å². The van der Waals surface area contributed by atoms with E-state index in [9.17, 15) is 9.90 Å². The van der Waals surface area contributed by atoms with E-state index in [4.69, 9.17) is 4.74 Å². The second kappa shape index (κ2) is 10.4. The number of phenolic OH excluding ortho intramolecular Hbond substituents is 1. The van der Waals surface area contributed by atoms with E-state index < -0.39 is 0 Å². The van der Waals surface area contributed by atoms with Gasteiger partial charge in [-0.15, -0.1) is 0 Å². The van der Waals surface area contributed by atoms with Crippen LogP contribution in [-0.4, -0.2) is 27.9 Å². The maximum absolute atomic E-state index is 13.1. The summed E-state index contributed by atoms with van der Waals surface area (Å²) in [7, 11) is 0. The SMILES string of the molecule is CC(C)(C)N(CC(=O)c1ccc(O)c(COCc2ccccc2)c1)Cc1ccccc1. The molecule has 0 fully saturated rings. The number of ether oxygens (including phenoxy) is 1. The largest absolute Gasteiger partial charge is 0.508 e. The first-order valence-electron chi connectivity index (χ1n) is 10.6. The Morgan fingerprint density at radius 2 is 1.48 bits per heavy atom. The standard InChI is InChI=1S/C27H31NO3/c1-27(2,3)28(17-21-10-6-4-7-11-21)18-26(30)23-14-15-25(29)24(16-23)20-31-19-22-12-8-5-9-13-22/h4-16,29H,17-20H2,1-3H3. The molecular formula is C27H31NO3. The fraction of sp³-hybridized carbons (Fsp3) is 0.296. The molecule has 162 valence electrons. The van der Waals surface area contributed by atoms with E-state index in [1.807, 2.05) is 48.5 Å². The molecule has 0 aromatic heterocycles. The van der Waals surface area contributed by atoms with E-state index in [-0.39, 0.29) is 23.7 Å². The summed E-state index contributed by atoms with van der Waals surface area (Å²) in [5, 5.41) is 10.2. The number of hydrogen-bond acceptors (Lipinski definition) is 4. The Morgan fingerprint density at radius 1 is 0.871 bits per heavy atom. The van der Waals surface area contributed by atoms with Crippen LogP contribution in [0, 0.1) is 0 Å². The molecule has 0 aliphatic rings. The molecule has 0 unspecified atom stereocenters. The third-order valence-electron chi connectivity index (χ3n) is 5.27. The summed E-state index contributed by atoms with van der Waals surface area (Å²) in [6.45, 7) is 8.03. The minimum atomic E-state index is -0.163. The number of carbonyl (C=O) groups is 1. The van der Waals surface area contributed by atoms with Gasteiger partial charge in [0.15, 0.2) is 5.78 Å². The van der Waals surface area contributed by atoms with Crippen molar-refractivity contribution in [2.45, 2.75) is 46.1 Å². The van der Waals surface area contributed by atoms with Crippen LogP contribution >= 0.6 is 0 Å². The zero-order valence-electron chi connectivity index (χ0n) is 18.5. The normalized spacial score (nSPS) is 11.6. The van der Waals surface area contributed by atoms with Gasteiger partial charge in [0.05, 0.1) is 19.8 Å². The average Bonchev–Trinajstić information content (AvgIpc) is 2.75. The van der Waals surface area contributed by atoms with E-state index >= 15 is 0 Å². The first-order chi connectivity index (χ1) is 14.8. The van der Waals surface area contributed by atoms with Crippen LogP contribution in [0.25, 0.3) is 0 Å². The summed E-state index contributed by atoms with van der Waals surface area (Å²) in [6.07, 6.45) is 0. The van der Waals surface area contributed by atoms with Crippen molar-refractivity contribution in [1.29, 1.82) is 0 Å². The smallest absolute Gasteiger partial charge is 0.176 e. The number of hydrogen-bond donors (Lipinski definition) is 1. The summed E-state index contributed by atoms with van der Waals surface area (Å²) >= 11 is 0. The van der Waals surface area contributed by atoms with Gasteiger partial charge in [-0.2, -0.15) is 0 Å². The van der Waals surface area contributed by atoms with Crippen molar-refractivity contribution < 1.29 is 14.6 Å². The zero-order chi connectivity index (χ0) is 22.3. The van der Waals surface area contributed by atoms with Crippen molar-refractivity contribution in [2.75, 3.05) is 6.54 Å². The molecule has 0 saturated carbocycles. The lowest BCUT2D eigenvalue weighted by Gasteiger charge is -2.35. The number of nitrogens with zero attached hydrogens (tertiary/aromatic N) is 1. The van der Waals surface area contributed by atoms with Crippen LogP contribution in [0.4, 0.5) is 0 Å². The van der Waals surface area contributed by atoms with Crippen LogP contribution < -0.4 is 0 Å². The summed E-state index contributed by atoms with van der Waals surface area (Å²) in [5.41, 5.74) is 3.27. The van der Waals surface area contributed by atoms with Gasteiger partial charge in [-0.25, -0.2) is 0 Å². The topological polar surface area (TPSA) is 49.8 Å². The van der Waals surface area contributed by atoms with Crippen molar-refractivity contribution in [1.82, 2.24) is 4.90 Å². The Morgan fingerprint density at radius 3 is 2.10 bits per heavy atom. The van der Waals surface area contributed by atoms with Gasteiger partial charge in [0, 0.05) is 23.2 Å². The van der Waals surface area contributed by atoms with Gasteiger partial charge in [0.2, 0.25) is 0 Å². The number of phenols is 1. The second-order valence-electron chi connectivity index (χ2n) is 8.76. The highest BCUT2D eigenvalue weighted by atomic mass is 16.5. The third-order valence-corrected chi connectivity index (χ3v) is 5.27. The second-order valence-corrected chi connectivity index (χ2v) is 8.76. The summed E-state index contributed by atoms with van der Waals surface area (Å²) in [4.78, 5) is 15.3. The Balaban J connectivity index is 1.67. The number of rotatable bonds is 9. The molecule has 0 saturated heterocycles. The molecule has 3 aromatic carbocycles. The third kappa shape index (κ3) is 6.78. The molecule has 0 amide bonds. The fourth-order valence-corrected chi connectivity index (χ4v) is 3.33. The number of ketones is 1. The van der Waals surface area contributed by atoms with Crippen molar-refractivity contribution >= 4 is 5.78 Å². The van der Waals surface area contributed by atoms with E-state index in [1.54, 1.807) is 18.2 Å². The molecule has 0 atom stereocenters. The molecule has 0 aliphatic heterocycles. The Kier molecular flexibility index (Phi) is 7.61. The molecule has 3 aromatic rings. The first kappa shape index (κ1) is 22.7. The van der Waals surface area contributed by atoms with Crippen molar-refractivity contribution in [3.8, 4) is 5.75 Å². The number of benzene rings is 3. The van der Waals surface area contributed by atoms with Crippen LogP contribution in [-0.2, 0) is 24.5 Å². The lowest BCUT2D eigenvalue weighted by molar-refractivity contribution is 0.0792. The molecule has 31 heavy (non-hydrogen) atoms. The molecule has 3 rings (SSSR count). The Labute approximate surface area is 185 Å². The van der Waals surface area contributed by atoms with Gasteiger partial charge in [-0.1, -0.05) is 60.7 Å². The predicted molar refractivity (Wildman–Crippen MR) is 124 cm³/mol. The van der Waals surface area contributed by atoms with Crippen molar-refractivity contribution in [2.24, 2.45) is 0 Å².